The van der Waals surface area contributed by atoms with Crippen molar-refractivity contribution < 1.29 is 9.53 Å². The number of nitrogens with zero attached hydrogens (tertiary/aromatic N) is 5. The standard InChI is InChI=1S/C20H29N5O2S/c1-5-27-20(26)17-13(2)16-18(21-15(12-23(3)4)22-19(16)28-17)25-10-9-24-8-6-7-14(24)11-25/h14H,5-12H2,1-4H3. The SMILES string of the molecule is CCOC(=O)c1sc2nc(CN(C)C)nc(N3CCN4CCCC4C3)c2c1C. The third-order valence-electron chi connectivity index (χ3n) is 5.62. The lowest BCUT2D eigenvalue weighted by Crippen LogP contribution is -2.50. The van der Waals surface area contributed by atoms with E-state index in [0.717, 1.165) is 47.1 Å². The molecule has 1 unspecified atom stereocenters. The zero-order chi connectivity index (χ0) is 19.8. The van der Waals surface area contributed by atoms with Gasteiger partial charge in [-0.05, 0) is 52.9 Å². The first-order valence-corrected chi connectivity index (χ1v) is 10.9. The van der Waals surface area contributed by atoms with Crippen molar-refractivity contribution in [2.75, 3.05) is 51.8 Å². The molecule has 0 aliphatic carbocycles. The highest BCUT2D eigenvalue weighted by Crippen LogP contribution is 2.37. The second-order valence-electron chi connectivity index (χ2n) is 7.94. The van der Waals surface area contributed by atoms with E-state index in [1.54, 1.807) is 0 Å². The Bertz CT molecular complexity index is 881. The van der Waals surface area contributed by atoms with E-state index in [9.17, 15) is 4.79 Å². The summed E-state index contributed by atoms with van der Waals surface area (Å²) < 4.78 is 5.27. The van der Waals surface area contributed by atoms with Crippen molar-refractivity contribution in [3.63, 3.8) is 0 Å². The highest BCUT2D eigenvalue weighted by molar-refractivity contribution is 7.20. The summed E-state index contributed by atoms with van der Waals surface area (Å²) in [6.45, 7) is 9.14. The van der Waals surface area contributed by atoms with Crippen molar-refractivity contribution in [3.05, 3.63) is 16.3 Å². The molecule has 28 heavy (non-hydrogen) atoms. The normalized spacial score (nSPS) is 20.2. The van der Waals surface area contributed by atoms with Gasteiger partial charge in [-0.25, -0.2) is 14.8 Å². The molecule has 7 nitrogen and oxygen atoms in total. The summed E-state index contributed by atoms with van der Waals surface area (Å²) >= 11 is 1.43. The Balaban J connectivity index is 1.78. The van der Waals surface area contributed by atoms with Crippen molar-refractivity contribution in [2.24, 2.45) is 0 Å². The van der Waals surface area contributed by atoms with E-state index < -0.39 is 0 Å². The van der Waals surface area contributed by atoms with Gasteiger partial charge in [-0.2, -0.15) is 0 Å². The summed E-state index contributed by atoms with van der Waals surface area (Å²) in [4.78, 5) is 30.8. The first-order valence-electron chi connectivity index (χ1n) is 10.1. The molecular weight excluding hydrogens is 374 g/mol. The number of carbonyl (C=O) groups is 1. The molecule has 2 aliphatic rings. The Hall–Kier alpha value is -1.77. The van der Waals surface area contributed by atoms with E-state index in [1.165, 1.54) is 30.7 Å². The van der Waals surface area contributed by atoms with Gasteiger partial charge in [-0.3, -0.25) is 4.90 Å². The second kappa shape index (κ2) is 7.93. The van der Waals surface area contributed by atoms with Crippen molar-refractivity contribution in [1.29, 1.82) is 0 Å². The molecule has 8 heteroatoms. The number of anilines is 1. The lowest BCUT2D eigenvalue weighted by molar-refractivity contribution is 0.0531. The van der Waals surface area contributed by atoms with Gasteiger partial charge >= 0.3 is 5.97 Å². The predicted octanol–water partition coefficient (Wildman–Crippen LogP) is 2.52. The third kappa shape index (κ3) is 3.60. The van der Waals surface area contributed by atoms with Crippen LogP contribution in [-0.2, 0) is 11.3 Å². The van der Waals surface area contributed by atoms with Crippen molar-refractivity contribution in [2.45, 2.75) is 39.3 Å². The zero-order valence-corrected chi connectivity index (χ0v) is 18.0. The number of thiophene rings is 1. The quantitative estimate of drug-likeness (QED) is 0.711. The smallest absolute Gasteiger partial charge is 0.348 e. The van der Waals surface area contributed by atoms with Crippen LogP contribution < -0.4 is 4.90 Å². The fourth-order valence-corrected chi connectivity index (χ4v) is 5.41. The number of piperazine rings is 1. The van der Waals surface area contributed by atoms with Gasteiger partial charge in [0.2, 0.25) is 0 Å². The Morgan fingerprint density at radius 3 is 2.86 bits per heavy atom. The topological polar surface area (TPSA) is 61.8 Å². The summed E-state index contributed by atoms with van der Waals surface area (Å²) in [5.74, 6) is 1.53. The third-order valence-corrected chi connectivity index (χ3v) is 6.79. The predicted molar refractivity (Wildman–Crippen MR) is 112 cm³/mol. The van der Waals surface area contributed by atoms with Gasteiger partial charge in [0, 0.05) is 25.7 Å². The summed E-state index contributed by atoms with van der Waals surface area (Å²) in [5.41, 5.74) is 0.943. The molecule has 2 saturated heterocycles. The minimum atomic E-state index is -0.260. The fourth-order valence-electron chi connectivity index (χ4n) is 4.32. The van der Waals surface area contributed by atoms with Gasteiger partial charge in [0.15, 0.2) is 0 Å². The van der Waals surface area contributed by atoms with Crippen LogP contribution >= 0.6 is 11.3 Å². The minimum Gasteiger partial charge on any atom is -0.462 e. The lowest BCUT2D eigenvalue weighted by Gasteiger charge is -2.38. The number of aryl methyl sites for hydroxylation is 1. The molecule has 4 heterocycles. The summed E-state index contributed by atoms with van der Waals surface area (Å²) in [5, 5.41) is 1.02. The Morgan fingerprint density at radius 1 is 1.29 bits per heavy atom. The number of esters is 1. The first-order chi connectivity index (χ1) is 13.5. The Labute approximate surface area is 170 Å². The molecule has 2 aromatic rings. The number of hydrogen-bond donors (Lipinski definition) is 0. The number of fused-ring (bicyclic) bond motifs is 2. The van der Waals surface area contributed by atoms with Crippen LogP contribution in [0.4, 0.5) is 5.82 Å². The molecule has 0 N–H and O–H groups in total. The molecule has 0 bridgehead atoms. The minimum absolute atomic E-state index is 0.260. The van der Waals surface area contributed by atoms with Gasteiger partial charge in [0.1, 0.15) is 21.3 Å². The monoisotopic (exact) mass is 403 g/mol. The maximum atomic E-state index is 12.4. The number of ether oxygens (including phenoxy) is 1. The van der Waals surface area contributed by atoms with Gasteiger partial charge in [0.25, 0.3) is 0 Å². The number of rotatable bonds is 5. The molecule has 0 spiro atoms. The van der Waals surface area contributed by atoms with Crippen LogP contribution in [0, 0.1) is 6.92 Å². The van der Waals surface area contributed by atoms with Gasteiger partial charge in [-0.1, -0.05) is 0 Å². The Morgan fingerprint density at radius 2 is 2.11 bits per heavy atom. The largest absolute Gasteiger partial charge is 0.462 e. The van der Waals surface area contributed by atoms with Crippen LogP contribution in [0.25, 0.3) is 10.2 Å². The van der Waals surface area contributed by atoms with E-state index in [2.05, 4.69) is 14.7 Å². The molecule has 152 valence electrons. The lowest BCUT2D eigenvalue weighted by atomic mass is 10.1. The maximum Gasteiger partial charge on any atom is 0.348 e. The fraction of sp³-hybridized carbons (Fsp3) is 0.650. The molecule has 4 rings (SSSR count). The van der Waals surface area contributed by atoms with Crippen molar-refractivity contribution in [1.82, 2.24) is 19.8 Å². The van der Waals surface area contributed by atoms with Crippen LogP contribution in [-0.4, -0.2) is 78.7 Å². The van der Waals surface area contributed by atoms with E-state index in [4.69, 9.17) is 14.7 Å². The number of carbonyl (C=O) groups excluding carboxylic acids is 1. The zero-order valence-electron chi connectivity index (χ0n) is 17.2. The average Bonchev–Trinajstić information content (AvgIpc) is 3.24. The van der Waals surface area contributed by atoms with Crippen LogP contribution in [0.15, 0.2) is 0 Å². The molecular formula is C20H29N5O2S. The van der Waals surface area contributed by atoms with Crippen molar-refractivity contribution >= 4 is 33.3 Å². The van der Waals surface area contributed by atoms with E-state index in [-0.39, 0.29) is 5.97 Å². The number of aromatic nitrogens is 2. The molecule has 0 saturated carbocycles. The highest BCUT2D eigenvalue weighted by Gasteiger charge is 2.33. The van der Waals surface area contributed by atoms with Gasteiger partial charge in [-0.15, -0.1) is 11.3 Å². The van der Waals surface area contributed by atoms with E-state index >= 15 is 0 Å². The maximum absolute atomic E-state index is 12.4. The summed E-state index contributed by atoms with van der Waals surface area (Å²) in [6, 6.07) is 0.611. The van der Waals surface area contributed by atoms with Crippen molar-refractivity contribution in [3.8, 4) is 0 Å². The van der Waals surface area contributed by atoms with Gasteiger partial charge in [0.05, 0.1) is 18.5 Å². The van der Waals surface area contributed by atoms with E-state index in [1.807, 2.05) is 27.9 Å². The van der Waals surface area contributed by atoms with Crippen LogP contribution in [0.2, 0.25) is 0 Å². The molecule has 0 aromatic carbocycles. The second-order valence-corrected chi connectivity index (χ2v) is 8.94. The summed E-state index contributed by atoms with van der Waals surface area (Å²) in [7, 11) is 4.04. The van der Waals surface area contributed by atoms with E-state index in [0.29, 0.717) is 24.1 Å². The molecule has 0 amide bonds. The molecule has 1 atom stereocenters. The number of hydrogen-bond acceptors (Lipinski definition) is 8. The molecule has 2 aromatic heterocycles. The highest BCUT2D eigenvalue weighted by atomic mass is 32.1. The molecule has 0 radical (unpaired) electrons. The first kappa shape index (κ1) is 19.5. The molecule has 2 aliphatic heterocycles. The summed E-state index contributed by atoms with van der Waals surface area (Å²) in [6.07, 6.45) is 2.54. The average molecular weight is 404 g/mol. The van der Waals surface area contributed by atoms with Gasteiger partial charge < -0.3 is 14.5 Å². The van der Waals surface area contributed by atoms with Crippen LogP contribution in [0.1, 0.15) is 40.8 Å². The van der Waals surface area contributed by atoms with Crippen LogP contribution in [0.3, 0.4) is 0 Å². The molecule has 2 fully saturated rings. The Kier molecular flexibility index (Phi) is 5.53. The van der Waals surface area contributed by atoms with Crippen LogP contribution in [0.5, 0.6) is 0 Å².